The van der Waals surface area contributed by atoms with Crippen molar-refractivity contribution in [1.29, 1.82) is 0 Å². The first kappa shape index (κ1) is 33.6. The smallest absolute Gasteiger partial charge is 0.192 e. The highest BCUT2D eigenvalue weighted by Gasteiger charge is 2.51. The molecule has 2 unspecified atom stereocenters. The molecule has 0 radical (unpaired) electrons. The summed E-state index contributed by atoms with van der Waals surface area (Å²) in [5.41, 5.74) is 3.17. The average molecular weight is 633 g/mol. The number of hydrogen-bond donors (Lipinski definition) is 1. The molecule has 3 nitrogen and oxygen atoms in total. The minimum atomic E-state index is -2.75. The maximum absolute atomic E-state index is 14.9. The molecule has 2 aromatic rings. The Morgan fingerprint density at radius 2 is 1.61 bits per heavy atom. The highest BCUT2D eigenvalue weighted by Crippen LogP contribution is 2.61. The predicted octanol–water partition coefficient (Wildman–Crippen LogP) is 9.64. The van der Waals surface area contributed by atoms with Crippen LogP contribution >= 0.6 is 7.14 Å². The predicted molar refractivity (Wildman–Crippen MR) is 190 cm³/mol. The molecular formula is C39H57O3PSi. The number of hydrogen-bond acceptors (Lipinski definition) is 3. The van der Waals surface area contributed by atoms with Crippen LogP contribution in [0.25, 0.3) is 0 Å². The lowest BCUT2D eigenvalue weighted by Gasteiger charge is -2.45. The minimum absolute atomic E-state index is 0.113. The summed E-state index contributed by atoms with van der Waals surface area (Å²) in [6, 6.07) is 20.4. The first-order valence-corrected chi connectivity index (χ1v) is 22.0. The van der Waals surface area contributed by atoms with Crippen LogP contribution in [0.3, 0.4) is 0 Å². The highest BCUT2D eigenvalue weighted by atomic mass is 31.2. The molecule has 240 valence electrons. The lowest BCUT2D eigenvalue weighted by Crippen LogP contribution is -2.45. The van der Waals surface area contributed by atoms with Crippen molar-refractivity contribution in [2.24, 2.45) is 23.2 Å². The van der Waals surface area contributed by atoms with E-state index in [0.29, 0.717) is 17.8 Å². The van der Waals surface area contributed by atoms with Gasteiger partial charge in [-0.15, -0.1) is 0 Å². The van der Waals surface area contributed by atoms with E-state index in [1.165, 1.54) is 37.7 Å². The van der Waals surface area contributed by atoms with Gasteiger partial charge in [-0.3, -0.25) is 0 Å². The molecule has 5 rings (SSSR count). The number of aliphatic hydroxyl groups excluding tert-OH is 1. The van der Waals surface area contributed by atoms with Crippen molar-refractivity contribution in [1.82, 2.24) is 0 Å². The molecule has 2 aromatic carbocycles. The van der Waals surface area contributed by atoms with Crippen LogP contribution < -0.4 is 10.6 Å². The van der Waals surface area contributed by atoms with Gasteiger partial charge in [-0.25, -0.2) is 0 Å². The van der Waals surface area contributed by atoms with Crippen LogP contribution in [0.5, 0.6) is 0 Å². The molecule has 0 heterocycles. The third-order valence-corrected chi connectivity index (χ3v) is 19.8. The Bertz CT molecular complexity index is 1330. The van der Waals surface area contributed by atoms with Crippen molar-refractivity contribution in [2.75, 3.05) is 6.16 Å². The molecule has 0 aliphatic heterocycles. The SMILES string of the molecule is C[C@H](CP(=O)(c1ccccc1)c1ccccc1)C1CCC2C(=CC=C3C[C@@H](O)C[C@H](O[Si](C)(C)C(C)(C)C)C3)CCC[C@@]21C. The first-order chi connectivity index (χ1) is 20.7. The largest absolute Gasteiger partial charge is 0.414 e. The number of allylic oxidation sites excluding steroid dienone is 3. The summed E-state index contributed by atoms with van der Waals surface area (Å²) in [5.74, 6) is 1.51. The molecule has 44 heavy (non-hydrogen) atoms. The molecule has 0 amide bonds. The molecule has 3 saturated carbocycles. The van der Waals surface area contributed by atoms with Crippen molar-refractivity contribution >= 4 is 26.1 Å². The van der Waals surface area contributed by atoms with Gasteiger partial charge in [0.15, 0.2) is 8.32 Å². The molecular weight excluding hydrogens is 575 g/mol. The molecule has 0 aromatic heterocycles. The molecule has 6 atom stereocenters. The summed E-state index contributed by atoms with van der Waals surface area (Å²) in [4.78, 5) is 0. The van der Waals surface area contributed by atoms with E-state index >= 15 is 0 Å². The van der Waals surface area contributed by atoms with Crippen LogP contribution in [0.1, 0.15) is 86.0 Å². The van der Waals surface area contributed by atoms with Gasteiger partial charge in [0.1, 0.15) is 7.14 Å². The van der Waals surface area contributed by atoms with Gasteiger partial charge in [-0.1, -0.05) is 119 Å². The van der Waals surface area contributed by atoms with Crippen molar-refractivity contribution in [3.05, 3.63) is 84.0 Å². The molecule has 3 aliphatic rings. The van der Waals surface area contributed by atoms with E-state index in [0.717, 1.165) is 36.0 Å². The summed E-state index contributed by atoms with van der Waals surface area (Å²) in [6.07, 6.45) is 13.8. The molecule has 1 N–H and O–H groups in total. The van der Waals surface area contributed by atoms with Gasteiger partial charge in [0, 0.05) is 16.8 Å². The van der Waals surface area contributed by atoms with Crippen molar-refractivity contribution in [3.8, 4) is 0 Å². The fraction of sp³-hybridized carbons (Fsp3) is 0.590. The van der Waals surface area contributed by atoms with Gasteiger partial charge in [0.25, 0.3) is 0 Å². The lowest BCUT2D eigenvalue weighted by molar-refractivity contribution is 0.0667. The Morgan fingerprint density at radius 1 is 1.00 bits per heavy atom. The second-order valence-corrected chi connectivity index (χ2v) is 23.7. The minimum Gasteiger partial charge on any atom is -0.414 e. The fourth-order valence-electron chi connectivity index (χ4n) is 8.64. The molecule has 0 saturated heterocycles. The number of aliphatic hydroxyl groups is 1. The van der Waals surface area contributed by atoms with Gasteiger partial charge >= 0.3 is 0 Å². The average Bonchev–Trinajstić information content (AvgIpc) is 3.33. The monoisotopic (exact) mass is 632 g/mol. The zero-order chi connectivity index (χ0) is 31.8. The van der Waals surface area contributed by atoms with E-state index in [4.69, 9.17) is 4.43 Å². The van der Waals surface area contributed by atoms with Crippen LogP contribution in [-0.2, 0) is 8.99 Å². The molecule has 0 spiro atoms. The number of rotatable bonds is 8. The van der Waals surface area contributed by atoms with Crippen LogP contribution in [0.2, 0.25) is 18.1 Å². The van der Waals surface area contributed by atoms with E-state index in [-0.39, 0.29) is 22.7 Å². The van der Waals surface area contributed by atoms with Crippen LogP contribution in [0.15, 0.2) is 84.0 Å². The lowest BCUT2D eigenvalue weighted by atomic mass is 9.61. The first-order valence-electron chi connectivity index (χ1n) is 17.2. The quantitative estimate of drug-likeness (QED) is 0.233. The third-order valence-electron chi connectivity index (χ3n) is 11.9. The Balaban J connectivity index is 1.34. The number of benzene rings is 2. The van der Waals surface area contributed by atoms with Gasteiger partial charge in [-0.2, -0.15) is 0 Å². The summed E-state index contributed by atoms with van der Waals surface area (Å²) in [6.45, 7) is 16.4. The molecule has 3 fully saturated rings. The fourth-order valence-corrected chi connectivity index (χ4v) is 13.1. The highest BCUT2D eigenvalue weighted by molar-refractivity contribution is 7.78. The van der Waals surface area contributed by atoms with Gasteiger partial charge in [-0.05, 0) is 92.7 Å². The topological polar surface area (TPSA) is 46.5 Å². The van der Waals surface area contributed by atoms with Crippen molar-refractivity contribution in [3.63, 3.8) is 0 Å². The standard InChI is InChI=1S/C39H57O3PSi/c1-29(28-43(41,34-16-10-8-11-17-34)35-18-12-9-13-19-35)36-22-23-37-31(15-14-24-39(36,37)5)21-20-30-25-32(40)27-33(26-30)42-44(6,7)38(2,3)4/h8-13,16-21,29,32-33,36-37,40H,14-15,22-28H2,1-7H3/t29-,32-,33-,36?,37?,39-/m1/s1. The van der Waals surface area contributed by atoms with E-state index in [2.05, 4.69) is 84.1 Å². The Hall–Kier alpha value is -1.71. The van der Waals surface area contributed by atoms with Crippen LogP contribution in [-0.4, -0.2) is 31.8 Å². The maximum Gasteiger partial charge on any atom is 0.192 e. The second-order valence-electron chi connectivity index (χ2n) is 16.0. The Labute approximate surface area is 269 Å². The normalized spacial score (nSPS) is 30.8. The van der Waals surface area contributed by atoms with Crippen LogP contribution in [0, 0.1) is 23.2 Å². The van der Waals surface area contributed by atoms with Crippen LogP contribution in [0.4, 0.5) is 0 Å². The maximum atomic E-state index is 14.9. The molecule has 5 heteroatoms. The Kier molecular flexibility index (Phi) is 10.1. The van der Waals surface area contributed by atoms with Crippen molar-refractivity contribution in [2.45, 2.75) is 116 Å². The van der Waals surface area contributed by atoms with Gasteiger partial charge in [0.05, 0.1) is 12.2 Å². The zero-order valence-electron chi connectivity index (χ0n) is 28.4. The summed E-state index contributed by atoms with van der Waals surface area (Å²) < 4.78 is 21.7. The number of fused-ring (bicyclic) bond motifs is 1. The van der Waals surface area contributed by atoms with E-state index in [1.54, 1.807) is 5.57 Å². The molecule has 0 bridgehead atoms. The van der Waals surface area contributed by atoms with Gasteiger partial charge < -0.3 is 14.1 Å². The Morgan fingerprint density at radius 3 is 2.20 bits per heavy atom. The summed E-state index contributed by atoms with van der Waals surface area (Å²) >= 11 is 0. The molecule has 3 aliphatic carbocycles. The third kappa shape index (κ3) is 6.99. The second kappa shape index (κ2) is 13.2. The van der Waals surface area contributed by atoms with Crippen molar-refractivity contribution < 1.29 is 14.1 Å². The van der Waals surface area contributed by atoms with E-state index in [9.17, 15) is 9.67 Å². The van der Waals surface area contributed by atoms with E-state index in [1.807, 2.05) is 36.4 Å². The zero-order valence-corrected chi connectivity index (χ0v) is 30.3. The van der Waals surface area contributed by atoms with E-state index < -0.39 is 15.5 Å². The van der Waals surface area contributed by atoms with Gasteiger partial charge in [0.2, 0.25) is 0 Å². The summed E-state index contributed by atoms with van der Waals surface area (Å²) in [7, 11) is -4.64. The summed E-state index contributed by atoms with van der Waals surface area (Å²) in [5, 5.41) is 12.9.